The van der Waals surface area contributed by atoms with Crippen molar-refractivity contribution in [2.24, 2.45) is 4.99 Å². The molecule has 0 bridgehead atoms. The van der Waals surface area contributed by atoms with Crippen LogP contribution in [-0.4, -0.2) is 27.2 Å². The molecule has 26 heavy (non-hydrogen) atoms. The number of guanidine groups is 1. The SMILES string of the molecule is CN=C(NCc1ccc(OC)c(OC)c1)NCc1cc(C#N)ccc1F. The lowest BCUT2D eigenvalue weighted by Gasteiger charge is -2.14. The van der Waals surface area contributed by atoms with E-state index in [1.54, 1.807) is 21.3 Å². The minimum Gasteiger partial charge on any atom is -0.493 e. The van der Waals surface area contributed by atoms with Gasteiger partial charge < -0.3 is 20.1 Å². The van der Waals surface area contributed by atoms with Crippen LogP contribution in [0.3, 0.4) is 0 Å². The number of nitriles is 1. The van der Waals surface area contributed by atoms with E-state index in [0.717, 1.165) is 5.56 Å². The van der Waals surface area contributed by atoms with Crippen LogP contribution in [0.15, 0.2) is 41.4 Å². The Morgan fingerprint density at radius 3 is 2.46 bits per heavy atom. The first kappa shape index (κ1) is 19.1. The van der Waals surface area contributed by atoms with E-state index >= 15 is 0 Å². The molecule has 0 spiro atoms. The number of methoxy groups -OCH3 is 2. The summed E-state index contributed by atoms with van der Waals surface area (Å²) in [6.45, 7) is 0.716. The first-order valence-electron chi connectivity index (χ1n) is 7.95. The van der Waals surface area contributed by atoms with Gasteiger partial charge in [0.25, 0.3) is 0 Å². The third kappa shape index (κ3) is 4.86. The topological polar surface area (TPSA) is 78.7 Å². The molecule has 0 amide bonds. The number of ether oxygens (including phenoxy) is 2. The van der Waals surface area contributed by atoms with Gasteiger partial charge in [0, 0.05) is 25.7 Å². The predicted octanol–water partition coefficient (Wildman–Crippen LogP) is 2.58. The Morgan fingerprint density at radius 2 is 1.81 bits per heavy atom. The summed E-state index contributed by atoms with van der Waals surface area (Å²) in [7, 11) is 4.80. The summed E-state index contributed by atoms with van der Waals surface area (Å²) >= 11 is 0. The summed E-state index contributed by atoms with van der Waals surface area (Å²) in [5.74, 6) is 1.45. The molecule has 0 fully saturated rings. The molecule has 0 saturated heterocycles. The van der Waals surface area contributed by atoms with E-state index in [1.807, 2.05) is 24.3 Å². The van der Waals surface area contributed by atoms with Crippen molar-refractivity contribution < 1.29 is 13.9 Å². The van der Waals surface area contributed by atoms with Gasteiger partial charge >= 0.3 is 0 Å². The van der Waals surface area contributed by atoms with Crippen LogP contribution >= 0.6 is 0 Å². The van der Waals surface area contributed by atoms with Crippen LogP contribution in [0.25, 0.3) is 0 Å². The second kappa shape index (κ2) is 9.28. The molecular formula is C19H21FN4O2. The second-order valence-corrected chi connectivity index (χ2v) is 5.39. The average molecular weight is 356 g/mol. The third-order valence-corrected chi connectivity index (χ3v) is 3.75. The van der Waals surface area contributed by atoms with Crippen molar-refractivity contribution >= 4 is 5.96 Å². The number of hydrogen-bond donors (Lipinski definition) is 2. The van der Waals surface area contributed by atoms with E-state index in [0.29, 0.717) is 35.1 Å². The molecule has 0 aliphatic carbocycles. The van der Waals surface area contributed by atoms with E-state index < -0.39 is 0 Å². The number of halogens is 1. The average Bonchev–Trinajstić information content (AvgIpc) is 2.68. The molecule has 2 rings (SSSR count). The molecule has 0 heterocycles. The number of nitrogens with one attached hydrogen (secondary N) is 2. The first-order chi connectivity index (χ1) is 12.6. The van der Waals surface area contributed by atoms with Crippen molar-refractivity contribution in [3.63, 3.8) is 0 Å². The lowest BCUT2D eigenvalue weighted by Crippen LogP contribution is -2.36. The molecule has 0 aliphatic rings. The third-order valence-electron chi connectivity index (χ3n) is 3.75. The van der Waals surface area contributed by atoms with Gasteiger partial charge in [0.05, 0.1) is 25.9 Å². The summed E-state index contributed by atoms with van der Waals surface area (Å²) in [6.07, 6.45) is 0. The fraction of sp³-hybridized carbons (Fsp3) is 0.263. The van der Waals surface area contributed by atoms with Crippen LogP contribution in [0.5, 0.6) is 11.5 Å². The van der Waals surface area contributed by atoms with Crippen molar-refractivity contribution in [3.8, 4) is 17.6 Å². The van der Waals surface area contributed by atoms with Crippen LogP contribution in [0.2, 0.25) is 0 Å². The van der Waals surface area contributed by atoms with Crippen molar-refractivity contribution in [1.82, 2.24) is 10.6 Å². The maximum absolute atomic E-state index is 13.8. The molecule has 7 heteroatoms. The lowest BCUT2D eigenvalue weighted by atomic mass is 10.1. The highest BCUT2D eigenvalue weighted by Crippen LogP contribution is 2.27. The molecule has 0 aliphatic heterocycles. The molecule has 136 valence electrons. The summed E-state index contributed by atoms with van der Waals surface area (Å²) in [4.78, 5) is 4.12. The lowest BCUT2D eigenvalue weighted by molar-refractivity contribution is 0.354. The summed E-state index contributed by atoms with van der Waals surface area (Å²) in [5.41, 5.74) is 1.79. The van der Waals surface area contributed by atoms with Crippen LogP contribution in [-0.2, 0) is 13.1 Å². The van der Waals surface area contributed by atoms with Gasteiger partial charge in [-0.25, -0.2) is 4.39 Å². The van der Waals surface area contributed by atoms with Gasteiger partial charge in [0.15, 0.2) is 17.5 Å². The van der Waals surface area contributed by atoms with E-state index in [-0.39, 0.29) is 12.4 Å². The number of nitrogens with zero attached hydrogens (tertiary/aromatic N) is 2. The molecule has 2 aromatic rings. The van der Waals surface area contributed by atoms with Gasteiger partial charge in [-0.05, 0) is 35.9 Å². The predicted molar refractivity (Wildman–Crippen MR) is 97.7 cm³/mol. The normalized spacial score (nSPS) is 10.8. The van der Waals surface area contributed by atoms with Crippen molar-refractivity contribution in [1.29, 1.82) is 5.26 Å². The highest BCUT2D eigenvalue weighted by atomic mass is 19.1. The number of benzene rings is 2. The van der Waals surface area contributed by atoms with Gasteiger partial charge in [0.1, 0.15) is 5.82 Å². The fourth-order valence-electron chi connectivity index (χ4n) is 2.36. The molecular weight excluding hydrogens is 335 g/mol. The van der Waals surface area contributed by atoms with Gasteiger partial charge in [0.2, 0.25) is 0 Å². The number of aliphatic imine (C=N–C) groups is 1. The Kier molecular flexibility index (Phi) is 6.80. The minimum absolute atomic E-state index is 0.215. The van der Waals surface area contributed by atoms with Gasteiger partial charge in [-0.2, -0.15) is 5.26 Å². The molecule has 2 N–H and O–H groups in total. The highest BCUT2D eigenvalue weighted by Gasteiger charge is 2.07. The zero-order valence-electron chi connectivity index (χ0n) is 15.0. The van der Waals surface area contributed by atoms with E-state index in [4.69, 9.17) is 14.7 Å². The molecule has 0 radical (unpaired) electrons. The minimum atomic E-state index is -0.369. The first-order valence-corrected chi connectivity index (χ1v) is 7.95. The van der Waals surface area contributed by atoms with Crippen LogP contribution in [0, 0.1) is 17.1 Å². The Hall–Kier alpha value is -3.27. The second-order valence-electron chi connectivity index (χ2n) is 5.39. The molecule has 0 aromatic heterocycles. The largest absolute Gasteiger partial charge is 0.493 e. The molecule has 0 saturated carbocycles. The number of hydrogen-bond acceptors (Lipinski definition) is 4. The quantitative estimate of drug-likeness (QED) is 0.614. The molecule has 2 aromatic carbocycles. The zero-order chi connectivity index (χ0) is 18.9. The molecule has 0 unspecified atom stereocenters. The van der Waals surface area contributed by atoms with Crippen molar-refractivity contribution in [2.45, 2.75) is 13.1 Å². The fourth-order valence-corrected chi connectivity index (χ4v) is 2.36. The Balaban J connectivity index is 1.97. The standard InChI is InChI=1S/C19H21FN4O2/c1-22-19(24-12-15-8-13(10-21)4-6-16(15)20)23-11-14-5-7-17(25-2)18(9-14)26-3/h4-9H,11-12H2,1-3H3,(H2,22,23,24). The summed E-state index contributed by atoms with van der Waals surface area (Å²) in [6, 6.07) is 11.9. The van der Waals surface area contributed by atoms with Crippen LogP contribution < -0.4 is 20.1 Å². The maximum atomic E-state index is 13.8. The van der Waals surface area contributed by atoms with Gasteiger partial charge in [-0.1, -0.05) is 6.07 Å². The monoisotopic (exact) mass is 356 g/mol. The van der Waals surface area contributed by atoms with Gasteiger partial charge in [-0.3, -0.25) is 4.99 Å². The highest BCUT2D eigenvalue weighted by molar-refractivity contribution is 5.79. The summed E-state index contributed by atoms with van der Waals surface area (Å²) in [5, 5.41) is 15.1. The Bertz CT molecular complexity index is 831. The van der Waals surface area contributed by atoms with Gasteiger partial charge in [-0.15, -0.1) is 0 Å². The smallest absolute Gasteiger partial charge is 0.191 e. The molecule has 6 nitrogen and oxygen atoms in total. The van der Waals surface area contributed by atoms with E-state index in [9.17, 15) is 4.39 Å². The van der Waals surface area contributed by atoms with E-state index in [1.165, 1.54) is 18.2 Å². The Morgan fingerprint density at radius 1 is 1.08 bits per heavy atom. The summed E-state index contributed by atoms with van der Waals surface area (Å²) < 4.78 is 24.3. The van der Waals surface area contributed by atoms with Crippen molar-refractivity contribution in [2.75, 3.05) is 21.3 Å². The zero-order valence-corrected chi connectivity index (χ0v) is 15.0. The molecule has 0 atom stereocenters. The Labute approximate surface area is 152 Å². The van der Waals surface area contributed by atoms with Crippen LogP contribution in [0.1, 0.15) is 16.7 Å². The maximum Gasteiger partial charge on any atom is 0.191 e. The number of rotatable bonds is 6. The van der Waals surface area contributed by atoms with Crippen LogP contribution in [0.4, 0.5) is 4.39 Å². The van der Waals surface area contributed by atoms with Crippen molar-refractivity contribution in [3.05, 3.63) is 58.9 Å². The van der Waals surface area contributed by atoms with E-state index in [2.05, 4.69) is 15.6 Å².